The van der Waals surface area contributed by atoms with Crippen molar-refractivity contribution in [3.8, 4) is 0 Å². The summed E-state index contributed by atoms with van der Waals surface area (Å²) < 4.78 is 0. The van der Waals surface area contributed by atoms with E-state index < -0.39 is 6.10 Å². The lowest BCUT2D eigenvalue weighted by atomic mass is 9.68. The second-order valence-electron chi connectivity index (χ2n) is 5.93. The van der Waals surface area contributed by atoms with E-state index >= 15 is 0 Å². The third kappa shape index (κ3) is 1.43. The number of aromatic nitrogens is 1. The molecule has 1 aromatic carbocycles. The van der Waals surface area contributed by atoms with Crippen LogP contribution in [-0.4, -0.2) is 16.0 Å². The lowest BCUT2D eigenvalue weighted by Gasteiger charge is -2.44. The minimum Gasteiger partial charge on any atom is -0.387 e. The average Bonchev–Trinajstić information content (AvgIpc) is 2.84. The molecule has 0 saturated carbocycles. The maximum absolute atomic E-state index is 11.9. The van der Waals surface area contributed by atoms with Crippen LogP contribution in [0.2, 0.25) is 0 Å². The fourth-order valence-corrected chi connectivity index (χ4v) is 4.09. The number of benzene rings is 1. The monoisotopic (exact) mass is 270 g/mol. The topological polar surface area (TPSA) is 65.1 Å². The number of piperidine rings is 1. The molecule has 104 valence electrons. The van der Waals surface area contributed by atoms with E-state index in [1.807, 2.05) is 18.2 Å². The van der Waals surface area contributed by atoms with Crippen LogP contribution in [0.25, 0.3) is 10.9 Å². The largest absolute Gasteiger partial charge is 0.387 e. The number of carbonyl (C=O) groups is 1. The molecule has 1 saturated heterocycles. The van der Waals surface area contributed by atoms with E-state index in [0.29, 0.717) is 12.3 Å². The van der Waals surface area contributed by atoms with E-state index in [1.54, 1.807) is 0 Å². The van der Waals surface area contributed by atoms with Crippen molar-refractivity contribution in [3.63, 3.8) is 0 Å². The predicted molar refractivity (Wildman–Crippen MR) is 76.0 cm³/mol. The zero-order chi connectivity index (χ0) is 13.9. The molecule has 4 heteroatoms. The number of rotatable bonds is 1. The van der Waals surface area contributed by atoms with E-state index in [0.717, 1.165) is 28.6 Å². The van der Waals surface area contributed by atoms with Gasteiger partial charge < -0.3 is 15.4 Å². The molecule has 2 aliphatic rings. The fourth-order valence-electron chi connectivity index (χ4n) is 4.09. The van der Waals surface area contributed by atoms with E-state index in [2.05, 4.69) is 23.3 Å². The van der Waals surface area contributed by atoms with Gasteiger partial charge in [-0.15, -0.1) is 0 Å². The summed E-state index contributed by atoms with van der Waals surface area (Å²) in [6.45, 7) is 2.13. The predicted octanol–water partition coefficient (Wildman–Crippen LogP) is 2.42. The minimum atomic E-state index is -0.565. The van der Waals surface area contributed by atoms with Crippen LogP contribution >= 0.6 is 0 Å². The second kappa shape index (κ2) is 4.09. The summed E-state index contributed by atoms with van der Waals surface area (Å²) in [5.74, 6) is 0.397. The number of aliphatic hydroxyl groups is 1. The van der Waals surface area contributed by atoms with Gasteiger partial charge in [-0.2, -0.15) is 0 Å². The molecular weight excluding hydrogens is 252 g/mol. The van der Waals surface area contributed by atoms with Crippen molar-refractivity contribution in [2.75, 3.05) is 0 Å². The quantitative estimate of drug-likeness (QED) is 0.745. The Morgan fingerprint density at radius 3 is 2.95 bits per heavy atom. The molecule has 3 N–H and O–H groups in total. The molecule has 1 aromatic heterocycles. The number of aromatic amines is 1. The minimum absolute atomic E-state index is 0.0271. The van der Waals surface area contributed by atoms with Crippen LogP contribution in [-0.2, 0) is 4.79 Å². The molecule has 0 spiro atoms. The number of fused-ring (bicyclic) bond motifs is 6. The van der Waals surface area contributed by atoms with Crippen LogP contribution in [0.4, 0.5) is 0 Å². The molecule has 2 bridgehead atoms. The van der Waals surface area contributed by atoms with Crippen LogP contribution < -0.4 is 5.32 Å². The van der Waals surface area contributed by atoms with Crippen molar-refractivity contribution >= 4 is 16.8 Å². The summed E-state index contributed by atoms with van der Waals surface area (Å²) >= 11 is 0. The van der Waals surface area contributed by atoms with Crippen LogP contribution in [0, 0.1) is 11.8 Å². The average molecular weight is 270 g/mol. The van der Waals surface area contributed by atoms with E-state index in [4.69, 9.17) is 0 Å². The maximum atomic E-state index is 11.9. The highest BCUT2D eigenvalue weighted by molar-refractivity contribution is 5.88. The normalized spacial score (nSPS) is 32.0. The van der Waals surface area contributed by atoms with Crippen LogP contribution in [0.15, 0.2) is 24.3 Å². The van der Waals surface area contributed by atoms with Gasteiger partial charge in [0, 0.05) is 28.8 Å². The molecule has 4 atom stereocenters. The van der Waals surface area contributed by atoms with Crippen LogP contribution in [0.3, 0.4) is 0 Å². The van der Waals surface area contributed by atoms with E-state index in [-0.39, 0.29) is 17.9 Å². The number of nitrogens with one attached hydrogen (secondary N) is 2. The Morgan fingerprint density at radius 1 is 1.35 bits per heavy atom. The number of amides is 1. The highest BCUT2D eigenvalue weighted by atomic mass is 16.3. The van der Waals surface area contributed by atoms with Gasteiger partial charge in [-0.1, -0.05) is 31.5 Å². The molecule has 1 amide bonds. The molecule has 1 aliphatic heterocycles. The van der Waals surface area contributed by atoms with Crippen molar-refractivity contribution in [3.05, 3.63) is 35.5 Å². The summed E-state index contributed by atoms with van der Waals surface area (Å²) in [4.78, 5) is 15.3. The van der Waals surface area contributed by atoms with Gasteiger partial charge in [-0.05, 0) is 12.0 Å². The number of carbonyl (C=O) groups excluding carboxylic acids is 1. The van der Waals surface area contributed by atoms with Crippen LogP contribution in [0.1, 0.15) is 43.2 Å². The third-order valence-electron chi connectivity index (χ3n) is 4.98. The van der Waals surface area contributed by atoms with Gasteiger partial charge in [-0.25, -0.2) is 0 Å². The van der Waals surface area contributed by atoms with Gasteiger partial charge in [-0.3, -0.25) is 4.79 Å². The first-order valence-electron chi connectivity index (χ1n) is 7.28. The number of aliphatic hydroxyl groups excluding tert-OH is 1. The standard InChI is InChI=1S/C16H18N2O2/c1-2-8-10-7-12(19)18-14(8)13-9-5-3-4-6-11(9)17-15(13)16(10)20/h3-6,8,10,14,16-17,20H,2,7H2,1H3,(H,18,19). The molecule has 4 nitrogen and oxygen atoms in total. The van der Waals surface area contributed by atoms with Gasteiger partial charge in [0.2, 0.25) is 5.91 Å². The zero-order valence-electron chi connectivity index (χ0n) is 11.4. The Kier molecular flexibility index (Phi) is 2.45. The molecule has 1 fully saturated rings. The third-order valence-corrected chi connectivity index (χ3v) is 4.98. The summed E-state index contributed by atoms with van der Waals surface area (Å²) in [6, 6.07) is 8.10. The fraction of sp³-hybridized carbons (Fsp3) is 0.438. The lowest BCUT2D eigenvalue weighted by Crippen LogP contribution is -2.48. The Bertz CT molecular complexity index is 691. The number of para-hydroxylation sites is 1. The Labute approximate surface area is 117 Å². The second-order valence-corrected chi connectivity index (χ2v) is 5.93. The molecule has 4 unspecified atom stereocenters. The van der Waals surface area contributed by atoms with Crippen molar-refractivity contribution in [2.24, 2.45) is 11.8 Å². The number of hydrogen-bond donors (Lipinski definition) is 3. The van der Waals surface area contributed by atoms with Crippen molar-refractivity contribution in [1.82, 2.24) is 10.3 Å². The van der Waals surface area contributed by atoms with E-state index in [9.17, 15) is 9.90 Å². The van der Waals surface area contributed by atoms with Gasteiger partial charge in [0.15, 0.2) is 0 Å². The number of H-pyrrole nitrogens is 1. The van der Waals surface area contributed by atoms with E-state index in [1.165, 1.54) is 0 Å². The molecule has 0 radical (unpaired) electrons. The Balaban J connectivity index is 1.99. The SMILES string of the molecule is CCC1C2NC(=O)CC1C(O)c1[nH]c3ccccc3c12. The van der Waals surface area contributed by atoms with Crippen LogP contribution in [0.5, 0.6) is 0 Å². The van der Waals surface area contributed by atoms with Gasteiger partial charge in [0.05, 0.1) is 17.8 Å². The first-order chi connectivity index (χ1) is 9.70. The molecule has 2 aromatic rings. The highest BCUT2D eigenvalue weighted by Crippen LogP contribution is 2.51. The Morgan fingerprint density at radius 2 is 2.15 bits per heavy atom. The van der Waals surface area contributed by atoms with Crippen molar-refractivity contribution in [2.45, 2.75) is 31.9 Å². The first-order valence-corrected chi connectivity index (χ1v) is 7.28. The molecule has 1 aliphatic carbocycles. The lowest BCUT2D eigenvalue weighted by molar-refractivity contribution is -0.130. The smallest absolute Gasteiger partial charge is 0.220 e. The molecule has 4 rings (SSSR count). The molecule has 2 heterocycles. The molecule has 20 heavy (non-hydrogen) atoms. The van der Waals surface area contributed by atoms with Crippen molar-refractivity contribution < 1.29 is 9.90 Å². The Hall–Kier alpha value is -1.81. The van der Waals surface area contributed by atoms with Gasteiger partial charge >= 0.3 is 0 Å². The number of hydrogen-bond acceptors (Lipinski definition) is 2. The highest BCUT2D eigenvalue weighted by Gasteiger charge is 2.47. The van der Waals surface area contributed by atoms with Crippen molar-refractivity contribution in [1.29, 1.82) is 0 Å². The van der Waals surface area contributed by atoms with Gasteiger partial charge in [0.1, 0.15) is 0 Å². The summed E-state index contributed by atoms with van der Waals surface area (Å²) in [6.07, 6.45) is 0.820. The zero-order valence-corrected chi connectivity index (χ0v) is 11.4. The summed E-state index contributed by atoms with van der Waals surface area (Å²) in [7, 11) is 0. The molecular formula is C16H18N2O2. The summed E-state index contributed by atoms with van der Waals surface area (Å²) in [5, 5.41) is 14.9. The maximum Gasteiger partial charge on any atom is 0.220 e. The first kappa shape index (κ1) is 12.0. The summed E-state index contributed by atoms with van der Waals surface area (Å²) in [5.41, 5.74) is 3.02. The van der Waals surface area contributed by atoms with Gasteiger partial charge in [0.25, 0.3) is 0 Å².